The first kappa shape index (κ1) is 14.1. The summed E-state index contributed by atoms with van der Waals surface area (Å²) in [5.41, 5.74) is 2.72. The van der Waals surface area contributed by atoms with Crippen LogP contribution in [-0.4, -0.2) is 31.1 Å². The lowest BCUT2D eigenvalue weighted by Crippen LogP contribution is -2.32. The third-order valence-corrected chi connectivity index (χ3v) is 4.74. The summed E-state index contributed by atoms with van der Waals surface area (Å²) >= 11 is 7.80. The van der Waals surface area contributed by atoms with Crippen molar-refractivity contribution in [1.82, 2.24) is 10.2 Å². The highest BCUT2D eigenvalue weighted by molar-refractivity contribution is 7.08. The van der Waals surface area contributed by atoms with Gasteiger partial charge >= 0.3 is 0 Å². The first-order valence-corrected chi connectivity index (χ1v) is 8.39. The second-order valence-corrected chi connectivity index (χ2v) is 6.37. The van der Waals surface area contributed by atoms with Gasteiger partial charge in [-0.05, 0) is 53.1 Å². The fraction of sp³-hybridized carbons (Fsp3) is 0.375. The van der Waals surface area contributed by atoms with Gasteiger partial charge in [-0.2, -0.15) is 11.3 Å². The number of hydrogen-bond donors (Lipinski definition) is 1. The van der Waals surface area contributed by atoms with Crippen LogP contribution in [0.4, 0.5) is 0 Å². The van der Waals surface area contributed by atoms with Gasteiger partial charge in [-0.15, -0.1) is 0 Å². The van der Waals surface area contributed by atoms with Crippen molar-refractivity contribution in [3.05, 3.63) is 57.2 Å². The van der Waals surface area contributed by atoms with Crippen LogP contribution in [0.2, 0.25) is 5.02 Å². The quantitative estimate of drug-likeness (QED) is 0.928. The van der Waals surface area contributed by atoms with E-state index < -0.39 is 0 Å². The molecule has 2 nitrogen and oxygen atoms in total. The summed E-state index contributed by atoms with van der Waals surface area (Å²) in [5, 5.41) is 8.70. The van der Waals surface area contributed by atoms with Crippen molar-refractivity contribution in [2.75, 3.05) is 26.2 Å². The van der Waals surface area contributed by atoms with E-state index in [1.165, 1.54) is 17.5 Å². The zero-order chi connectivity index (χ0) is 13.8. The summed E-state index contributed by atoms with van der Waals surface area (Å²) in [7, 11) is 0. The van der Waals surface area contributed by atoms with Gasteiger partial charge in [0.1, 0.15) is 0 Å². The molecule has 0 amide bonds. The molecule has 3 rings (SSSR count). The van der Waals surface area contributed by atoms with Crippen LogP contribution in [0, 0.1) is 0 Å². The molecular weight excluding hydrogens is 288 g/mol. The third-order valence-electron chi connectivity index (χ3n) is 3.78. The Hall–Kier alpha value is -0.870. The third kappa shape index (κ3) is 3.23. The van der Waals surface area contributed by atoms with Crippen molar-refractivity contribution >= 4 is 22.9 Å². The summed E-state index contributed by atoms with van der Waals surface area (Å²) < 4.78 is 0. The van der Waals surface area contributed by atoms with Gasteiger partial charge in [-0.25, -0.2) is 0 Å². The maximum Gasteiger partial charge on any atom is 0.0610 e. The molecule has 2 heterocycles. The SMILES string of the molecule is Clc1ccc(C(c2ccsc2)N2CCCNCC2)cc1. The van der Waals surface area contributed by atoms with Crippen LogP contribution in [0.5, 0.6) is 0 Å². The Morgan fingerprint density at radius 1 is 1.05 bits per heavy atom. The highest BCUT2D eigenvalue weighted by Crippen LogP contribution is 2.31. The van der Waals surface area contributed by atoms with Gasteiger partial charge in [0.2, 0.25) is 0 Å². The van der Waals surface area contributed by atoms with Gasteiger partial charge in [-0.3, -0.25) is 4.90 Å². The number of nitrogens with zero attached hydrogens (tertiary/aromatic N) is 1. The van der Waals surface area contributed by atoms with Gasteiger partial charge in [0, 0.05) is 24.7 Å². The first-order valence-electron chi connectivity index (χ1n) is 7.07. The van der Waals surface area contributed by atoms with E-state index in [1.54, 1.807) is 11.3 Å². The van der Waals surface area contributed by atoms with Crippen LogP contribution in [0.1, 0.15) is 23.6 Å². The molecule has 1 aliphatic heterocycles. The molecule has 1 saturated heterocycles. The van der Waals surface area contributed by atoms with Crippen LogP contribution in [-0.2, 0) is 0 Å². The molecule has 4 heteroatoms. The molecular formula is C16H19ClN2S. The normalized spacial score (nSPS) is 18.6. The molecule has 1 aliphatic rings. The standard InChI is InChI=1S/C16H19ClN2S/c17-15-4-2-13(3-5-15)16(14-6-11-20-12-14)19-9-1-7-18-8-10-19/h2-6,11-12,16,18H,1,7-10H2. The van der Waals surface area contributed by atoms with Gasteiger partial charge in [0.25, 0.3) is 0 Å². The lowest BCUT2D eigenvalue weighted by molar-refractivity contribution is 0.241. The van der Waals surface area contributed by atoms with E-state index in [9.17, 15) is 0 Å². The summed E-state index contributed by atoms with van der Waals surface area (Å²) in [6.45, 7) is 4.40. The molecule has 0 radical (unpaired) electrons. The maximum atomic E-state index is 6.03. The smallest absolute Gasteiger partial charge is 0.0610 e. The fourth-order valence-corrected chi connectivity index (χ4v) is 3.62. The molecule has 2 aromatic rings. The van der Waals surface area contributed by atoms with Crippen LogP contribution in [0.15, 0.2) is 41.1 Å². The Kier molecular flexibility index (Phi) is 4.73. The minimum Gasteiger partial charge on any atom is -0.315 e. The van der Waals surface area contributed by atoms with Gasteiger partial charge in [0.15, 0.2) is 0 Å². The summed E-state index contributed by atoms with van der Waals surface area (Å²) in [4.78, 5) is 2.57. The van der Waals surface area contributed by atoms with Crippen LogP contribution in [0.3, 0.4) is 0 Å². The summed E-state index contributed by atoms with van der Waals surface area (Å²) in [6.07, 6.45) is 1.20. The second kappa shape index (κ2) is 6.72. The van der Waals surface area contributed by atoms with E-state index in [-0.39, 0.29) is 0 Å². The highest BCUT2D eigenvalue weighted by Gasteiger charge is 2.23. The van der Waals surface area contributed by atoms with E-state index in [0.717, 1.165) is 31.2 Å². The minimum atomic E-state index is 0.346. The van der Waals surface area contributed by atoms with E-state index in [2.05, 4.69) is 39.2 Å². The van der Waals surface area contributed by atoms with E-state index >= 15 is 0 Å². The molecule has 0 bridgehead atoms. The van der Waals surface area contributed by atoms with Crippen molar-refractivity contribution in [3.63, 3.8) is 0 Å². The first-order chi connectivity index (χ1) is 9.84. The second-order valence-electron chi connectivity index (χ2n) is 5.15. The number of halogens is 1. The molecule has 0 saturated carbocycles. The number of benzene rings is 1. The molecule has 0 spiro atoms. The van der Waals surface area contributed by atoms with Crippen molar-refractivity contribution in [2.24, 2.45) is 0 Å². The number of nitrogens with one attached hydrogen (secondary N) is 1. The number of rotatable bonds is 3. The molecule has 1 N–H and O–H groups in total. The van der Waals surface area contributed by atoms with Crippen molar-refractivity contribution in [3.8, 4) is 0 Å². The van der Waals surface area contributed by atoms with Gasteiger partial charge in [0.05, 0.1) is 6.04 Å². The Labute approximate surface area is 129 Å². The Morgan fingerprint density at radius 2 is 1.90 bits per heavy atom. The molecule has 0 aliphatic carbocycles. The van der Waals surface area contributed by atoms with Gasteiger partial charge in [-0.1, -0.05) is 23.7 Å². The van der Waals surface area contributed by atoms with Crippen LogP contribution in [0.25, 0.3) is 0 Å². The number of hydrogen-bond acceptors (Lipinski definition) is 3. The van der Waals surface area contributed by atoms with Crippen molar-refractivity contribution in [2.45, 2.75) is 12.5 Å². The van der Waals surface area contributed by atoms with Crippen LogP contribution < -0.4 is 5.32 Å². The molecule has 1 fully saturated rings. The zero-order valence-corrected chi connectivity index (χ0v) is 13.0. The zero-order valence-electron chi connectivity index (χ0n) is 11.4. The molecule has 20 heavy (non-hydrogen) atoms. The summed E-state index contributed by atoms with van der Waals surface area (Å²) in [6, 6.07) is 10.9. The van der Waals surface area contributed by atoms with Crippen molar-refractivity contribution < 1.29 is 0 Å². The van der Waals surface area contributed by atoms with E-state index in [1.807, 2.05) is 12.1 Å². The van der Waals surface area contributed by atoms with Gasteiger partial charge < -0.3 is 5.32 Å². The minimum absolute atomic E-state index is 0.346. The van der Waals surface area contributed by atoms with E-state index in [0.29, 0.717) is 6.04 Å². The molecule has 106 valence electrons. The molecule has 1 unspecified atom stereocenters. The Morgan fingerprint density at radius 3 is 2.65 bits per heavy atom. The maximum absolute atomic E-state index is 6.03. The molecule has 1 atom stereocenters. The van der Waals surface area contributed by atoms with Crippen molar-refractivity contribution in [1.29, 1.82) is 0 Å². The Balaban J connectivity index is 1.93. The highest BCUT2D eigenvalue weighted by atomic mass is 35.5. The lowest BCUT2D eigenvalue weighted by Gasteiger charge is -2.30. The summed E-state index contributed by atoms with van der Waals surface area (Å²) in [5.74, 6) is 0. The number of thiophene rings is 1. The topological polar surface area (TPSA) is 15.3 Å². The lowest BCUT2D eigenvalue weighted by atomic mass is 9.99. The monoisotopic (exact) mass is 306 g/mol. The fourth-order valence-electron chi connectivity index (χ4n) is 2.81. The average Bonchev–Trinajstić information content (AvgIpc) is 2.85. The average molecular weight is 307 g/mol. The largest absolute Gasteiger partial charge is 0.315 e. The molecule has 1 aromatic heterocycles. The predicted octanol–water partition coefficient (Wildman–Crippen LogP) is 3.79. The Bertz CT molecular complexity index is 516. The molecule has 1 aromatic carbocycles. The predicted molar refractivity (Wildman–Crippen MR) is 86.7 cm³/mol. The van der Waals surface area contributed by atoms with E-state index in [4.69, 9.17) is 11.6 Å². The van der Waals surface area contributed by atoms with Crippen LogP contribution >= 0.6 is 22.9 Å².